The fourth-order valence-electron chi connectivity index (χ4n) is 3.50. The first-order chi connectivity index (χ1) is 15.6. The maximum absolute atomic E-state index is 12.4. The highest BCUT2D eigenvalue weighted by atomic mass is 32.2. The number of carbonyl (C=O) groups is 1. The van der Waals surface area contributed by atoms with E-state index in [1.54, 1.807) is 30.5 Å². The van der Waals surface area contributed by atoms with Crippen molar-refractivity contribution in [3.05, 3.63) is 77.1 Å². The Hall–Kier alpha value is -3.59. The molecule has 9 heteroatoms. The molecule has 3 aromatic rings. The average Bonchev–Trinajstić information content (AvgIpc) is 3.05. The number of hydrogen-bond acceptors (Lipinski definition) is 5. The SMILES string of the molecule is COc1ccc(N(CC(=O)NN=Cc2cc(C)n(-c3ccc(C)cc3)c2C)S(C)(=O)=O)cc1. The molecule has 8 nitrogen and oxygen atoms in total. The lowest BCUT2D eigenvalue weighted by molar-refractivity contribution is -0.119. The van der Waals surface area contributed by atoms with E-state index in [1.807, 2.05) is 26.8 Å². The summed E-state index contributed by atoms with van der Waals surface area (Å²) in [5, 5.41) is 4.04. The highest BCUT2D eigenvalue weighted by molar-refractivity contribution is 7.92. The molecule has 0 saturated carbocycles. The number of aromatic nitrogens is 1. The molecule has 0 spiro atoms. The van der Waals surface area contributed by atoms with Gasteiger partial charge >= 0.3 is 0 Å². The van der Waals surface area contributed by atoms with Crippen LogP contribution in [0.4, 0.5) is 5.69 Å². The summed E-state index contributed by atoms with van der Waals surface area (Å²) in [6, 6.07) is 16.6. The first-order valence-corrected chi connectivity index (χ1v) is 12.1. The zero-order chi connectivity index (χ0) is 24.2. The summed E-state index contributed by atoms with van der Waals surface area (Å²) in [5.74, 6) is 0.0318. The van der Waals surface area contributed by atoms with Crippen LogP contribution in [0.25, 0.3) is 5.69 Å². The van der Waals surface area contributed by atoms with Crippen LogP contribution in [0.3, 0.4) is 0 Å². The molecule has 0 saturated heterocycles. The van der Waals surface area contributed by atoms with Crippen LogP contribution in [-0.2, 0) is 14.8 Å². The number of nitrogens with one attached hydrogen (secondary N) is 1. The van der Waals surface area contributed by atoms with Crippen molar-refractivity contribution >= 4 is 27.8 Å². The van der Waals surface area contributed by atoms with Crippen molar-refractivity contribution in [1.82, 2.24) is 9.99 Å². The quantitative estimate of drug-likeness (QED) is 0.405. The molecule has 0 bridgehead atoms. The van der Waals surface area contributed by atoms with Gasteiger partial charge < -0.3 is 9.30 Å². The van der Waals surface area contributed by atoms with Crippen LogP contribution in [0.2, 0.25) is 0 Å². The lowest BCUT2D eigenvalue weighted by atomic mass is 10.2. The minimum atomic E-state index is -3.68. The molecule has 33 heavy (non-hydrogen) atoms. The normalized spacial score (nSPS) is 11.5. The van der Waals surface area contributed by atoms with Crippen LogP contribution >= 0.6 is 0 Å². The highest BCUT2D eigenvalue weighted by Gasteiger charge is 2.20. The second-order valence-corrected chi connectivity index (χ2v) is 9.67. The molecule has 0 aliphatic rings. The molecule has 2 aromatic carbocycles. The van der Waals surface area contributed by atoms with Crippen LogP contribution in [0, 0.1) is 20.8 Å². The van der Waals surface area contributed by atoms with E-state index in [2.05, 4.69) is 39.4 Å². The van der Waals surface area contributed by atoms with E-state index in [-0.39, 0.29) is 0 Å². The molecule has 1 heterocycles. The van der Waals surface area contributed by atoms with E-state index >= 15 is 0 Å². The topological polar surface area (TPSA) is 93.0 Å². The molecule has 174 valence electrons. The summed E-state index contributed by atoms with van der Waals surface area (Å²) in [4.78, 5) is 12.4. The number of nitrogens with zero attached hydrogens (tertiary/aromatic N) is 3. The van der Waals surface area contributed by atoms with Gasteiger partial charge in [-0.1, -0.05) is 17.7 Å². The Morgan fingerprint density at radius 2 is 1.73 bits per heavy atom. The number of rotatable bonds is 8. The van der Waals surface area contributed by atoms with Gasteiger partial charge in [0, 0.05) is 22.6 Å². The molecule has 1 N–H and O–H groups in total. The van der Waals surface area contributed by atoms with Gasteiger partial charge in [-0.15, -0.1) is 0 Å². The fourth-order valence-corrected chi connectivity index (χ4v) is 4.35. The number of hydrogen-bond donors (Lipinski definition) is 1. The molecule has 0 aliphatic heterocycles. The van der Waals surface area contributed by atoms with Crippen LogP contribution in [-0.4, -0.2) is 45.0 Å². The number of aryl methyl sites for hydroxylation is 2. The van der Waals surface area contributed by atoms with E-state index in [1.165, 1.54) is 12.7 Å². The van der Waals surface area contributed by atoms with Crippen LogP contribution in [0.1, 0.15) is 22.5 Å². The molecular weight excluding hydrogens is 440 g/mol. The fraction of sp³-hybridized carbons (Fsp3) is 0.250. The third kappa shape index (κ3) is 5.81. The first-order valence-electron chi connectivity index (χ1n) is 10.3. The third-order valence-electron chi connectivity index (χ3n) is 5.20. The maximum atomic E-state index is 12.4. The molecule has 0 atom stereocenters. The number of carbonyl (C=O) groups excluding carboxylic acids is 1. The third-order valence-corrected chi connectivity index (χ3v) is 6.34. The zero-order valence-electron chi connectivity index (χ0n) is 19.4. The Kier molecular flexibility index (Phi) is 7.23. The van der Waals surface area contributed by atoms with E-state index in [4.69, 9.17) is 4.74 Å². The summed E-state index contributed by atoms with van der Waals surface area (Å²) in [6.45, 7) is 5.62. The Bertz CT molecular complexity index is 1260. The van der Waals surface area contributed by atoms with Crippen LogP contribution < -0.4 is 14.5 Å². The van der Waals surface area contributed by atoms with E-state index in [0.717, 1.165) is 33.2 Å². The predicted octanol–water partition coefficient (Wildman–Crippen LogP) is 3.33. The van der Waals surface area contributed by atoms with Gasteiger partial charge in [-0.25, -0.2) is 13.8 Å². The number of methoxy groups -OCH3 is 1. The summed E-state index contributed by atoms with van der Waals surface area (Å²) >= 11 is 0. The van der Waals surface area contributed by atoms with Gasteiger partial charge in [-0.2, -0.15) is 5.10 Å². The number of sulfonamides is 1. The van der Waals surface area contributed by atoms with Gasteiger partial charge in [0.25, 0.3) is 5.91 Å². The van der Waals surface area contributed by atoms with Gasteiger partial charge in [0.15, 0.2) is 0 Å². The molecule has 1 amide bonds. The van der Waals surface area contributed by atoms with Gasteiger partial charge in [0.05, 0.1) is 25.3 Å². The highest BCUT2D eigenvalue weighted by Crippen LogP contribution is 2.22. The molecule has 3 rings (SSSR count). The van der Waals surface area contributed by atoms with E-state index < -0.39 is 22.5 Å². The average molecular weight is 469 g/mol. The second-order valence-electron chi connectivity index (χ2n) is 7.76. The maximum Gasteiger partial charge on any atom is 0.260 e. The monoisotopic (exact) mass is 468 g/mol. The van der Waals surface area contributed by atoms with Gasteiger partial charge in [-0.05, 0) is 63.2 Å². The number of ether oxygens (including phenoxy) is 1. The predicted molar refractivity (Wildman–Crippen MR) is 131 cm³/mol. The van der Waals surface area contributed by atoms with Crippen molar-refractivity contribution in [2.75, 3.05) is 24.2 Å². The molecule has 0 aliphatic carbocycles. The largest absolute Gasteiger partial charge is 0.497 e. The lowest BCUT2D eigenvalue weighted by Crippen LogP contribution is -2.39. The number of hydrazone groups is 1. The summed E-state index contributed by atoms with van der Waals surface area (Å²) in [6.07, 6.45) is 2.61. The van der Waals surface area contributed by atoms with Gasteiger partial charge in [-0.3, -0.25) is 9.10 Å². The summed E-state index contributed by atoms with van der Waals surface area (Å²) in [5.41, 5.74) is 7.87. The molecule has 0 fully saturated rings. The van der Waals surface area contributed by atoms with Crippen molar-refractivity contribution in [3.8, 4) is 11.4 Å². The van der Waals surface area contributed by atoms with Crippen molar-refractivity contribution in [1.29, 1.82) is 0 Å². The van der Waals surface area contributed by atoms with Gasteiger partial charge in [0.2, 0.25) is 10.0 Å². The molecule has 0 unspecified atom stereocenters. The lowest BCUT2D eigenvalue weighted by Gasteiger charge is -2.21. The van der Waals surface area contributed by atoms with Crippen molar-refractivity contribution in [3.63, 3.8) is 0 Å². The Labute approximate surface area is 194 Å². The summed E-state index contributed by atoms with van der Waals surface area (Å²) in [7, 11) is -2.16. The smallest absolute Gasteiger partial charge is 0.260 e. The minimum absolute atomic E-state index is 0.360. The summed E-state index contributed by atoms with van der Waals surface area (Å²) < 4.78 is 32.7. The number of benzene rings is 2. The Morgan fingerprint density at radius 3 is 2.30 bits per heavy atom. The Morgan fingerprint density at radius 1 is 1.09 bits per heavy atom. The van der Waals surface area contributed by atoms with Crippen LogP contribution in [0.15, 0.2) is 59.7 Å². The van der Waals surface area contributed by atoms with E-state index in [0.29, 0.717) is 11.4 Å². The second kappa shape index (κ2) is 9.91. The molecule has 0 radical (unpaired) electrons. The zero-order valence-corrected chi connectivity index (χ0v) is 20.2. The molecular formula is C24H28N4O4S. The van der Waals surface area contributed by atoms with Crippen LogP contribution in [0.5, 0.6) is 5.75 Å². The van der Waals surface area contributed by atoms with Gasteiger partial charge in [0.1, 0.15) is 12.3 Å². The van der Waals surface area contributed by atoms with Crippen molar-refractivity contribution in [2.45, 2.75) is 20.8 Å². The number of anilines is 1. The Balaban J connectivity index is 1.72. The first kappa shape index (κ1) is 24.1. The minimum Gasteiger partial charge on any atom is -0.497 e. The molecule has 1 aromatic heterocycles. The van der Waals surface area contributed by atoms with Crippen molar-refractivity contribution in [2.24, 2.45) is 5.10 Å². The van der Waals surface area contributed by atoms with E-state index in [9.17, 15) is 13.2 Å². The standard InChI is InChI=1S/C24H28N4O4S/c1-17-6-8-22(9-7-17)28-18(2)14-20(19(28)3)15-25-26-24(29)16-27(33(5,30)31)21-10-12-23(32-4)13-11-21/h6-15H,16H2,1-5H3,(H,26,29). The van der Waals surface area contributed by atoms with Crippen molar-refractivity contribution < 1.29 is 17.9 Å². The number of amides is 1.